The van der Waals surface area contributed by atoms with Crippen molar-refractivity contribution in [1.82, 2.24) is 15.3 Å². The first kappa shape index (κ1) is 11.3. The number of H-pyrrole nitrogens is 1. The molecule has 2 aliphatic heterocycles. The van der Waals surface area contributed by atoms with Gasteiger partial charge in [0.15, 0.2) is 0 Å². The highest BCUT2D eigenvalue weighted by Crippen LogP contribution is 2.34. The molecule has 0 saturated carbocycles. The normalized spacial score (nSPS) is 27.5. The standard InChI is InChI=1S/C15H20N4/c1-5-15(18-7-1)6-2-10-19(11-15)13-4-9-17-14-12(13)3-8-16-14/h3-4,8-9,18H,1-2,5-7,10-11H2,(H,16,17). The van der Waals surface area contributed by atoms with Gasteiger partial charge < -0.3 is 15.2 Å². The van der Waals surface area contributed by atoms with Crippen LogP contribution in [0.4, 0.5) is 5.69 Å². The van der Waals surface area contributed by atoms with Gasteiger partial charge in [-0.3, -0.25) is 0 Å². The van der Waals surface area contributed by atoms with E-state index in [0.29, 0.717) is 5.54 Å². The summed E-state index contributed by atoms with van der Waals surface area (Å²) in [5, 5.41) is 5.00. The van der Waals surface area contributed by atoms with Crippen molar-refractivity contribution in [2.75, 3.05) is 24.5 Å². The number of hydrogen-bond acceptors (Lipinski definition) is 3. The molecule has 0 aromatic carbocycles. The fourth-order valence-corrected chi connectivity index (χ4v) is 3.78. The van der Waals surface area contributed by atoms with Gasteiger partial charge in [-0.1, -0.05) is 0 Å². The van der Waals surface area contributed by atoms with E-state index in [1.165, 1.54) is 43.3 Å². The van der Waals surface area contributed by atoms with E-state index in [2.05, 4.69) is 32.3 Å². The highest BCUT2D eigenvalue weighted by atomic mass is 15.2. The Morgan fingerprint density at radius 1 is 1.21 bits per heavy atom. The number of hydrogen-bond donors (Lipinski definition) is 2. The summed E-state index contributed by atoms with van der Waals surface area (Å²) in [5.41, 5.74) is 2.69. The summed E-state index contributed by atoms with van der Waals surface area (Å²) in [6.07, 6.45) is 9.15. The number of pyridine rings is 1. The minimum absolute atomic E-state index is 0.365. The Hall–Kier alpha value is -1.55. The fourth-order valence-electron chi connectivity index (χ4n) is 3.78. The quantitative estimate of drug-likeness (QED) is 0.822. The van der Waals surface area contributed by atoms with Crippen LogP contribution in [0.2, 0.25) is 0 Å². The number of nitrogens with one attached hydrogen (secondary N) is 2. The van der Waals surface area contributed by atoms with Gasteiger partial charge in [0.1, 0.15) is 5.65 Å². The Bertz CT molecular complexity index is 583. The lowest BCUT2D eigenvalue weighted by atomic mass is 9.87. The Morgan fingerprint density at radius 3 is 3.05 bits per heavy atom. The lowest BCUT2D eigenvalue weighted by Crippen LogP contribution is -2.54. The van der Waals surface area contributed by atoms with Gasteiger partial charge in [-0.05, 0) is 44.4 Å². The second-order valence-electron chi connectivity index (χ2n) is 5.91. The van der Waals surface area contributed by atoms with E-state index >= 15 is 0 Å². The van der Waals surface area contributed by atoms with E-state index in [4.69, 9.17) is 0 Å². The van der Waals surface area contributed by atoms with Crippen LogP contribution in [0.5, 0.6) is 0 Å². The zero-order valence-electron chi connectivity index (χ0n) is 11.2. The molecule has 2 aliphatic rings. The van der Waals surface area contributed by atoms with E-state index in [0.717, 1.165) is 18.7 Å². The third-order valence-electron chi connectivity index (χ3n) is 4.69. The molecule has 4 heteroatoms. The SMILES string of the molecule is c1cc(N2CCCC3(CCCN3)C2)c2cc[nH]c2n1. The molecule has 0 amide bonds. The van der Waals surface area contributed by atoms with Crippen LogP contribution in [-0.4, -0.2) is 35.1 Å². The Balaban J connectivity index is 1.70. The molecule has 1 spiro atoms. The monoisotopic (exact) mass is 256 g/mol. The van der Waals surface area contributed by atoms with Gasteiger partial charge in [0.2, 0.25) is 0 Å². The lowest BCUT2D eigenvalue weighted by molar-refractivity contribution is 0.308. The first-order valence-electron chi connectivity index (χ1n) is 7.28. The number of anilines is 1. The molecule has 0 aliphatic carbocycles. The van der Waals surface area contributed by atoms with Gasteiger partial charge in [0.05, 0.1) is 0 Å². The first-order valence-corrected chi connectivity index (χ1v) is 7.28. The van der Waals surface area contributed by atoms with Crippen molar-refractivity contribution in [3.05, 3.63) is 24.5 Å². The highest BCUT2D eigenvalue weighted by molar-refractivity contribution is 5.89. The second kappa shape index (κ2) is 4.23. The number of rotatable bonds is 1. The maximum Gasteiger partial charge on any atom is 0.139 e. The summed E-state index contributed by atoms with van der Waals surface area (Å²) in [6, 6.07) is 4.30. The van der Waals surface area contributed by atoms with Gasteiger partial charge in [-0.25, -0.2) is 4.98 Å². The van der Waals surface area contributed by atoms with Crippen molar-refractivity contribution < 1.29 is 0 Å². The smallest absolute Gasteiger partial charge is 0.139 e. The summed E-state index contributed by atoms with van der Waals surface area (Å²) in [6.45, 7) is 3.48. The minimum Gasteiger partial charge on any atom is -0.369 e. The molecule has 2 N–H and O–H groups in total. The average Bonchev–Trinajstić information content (AvgIpc) is 3.07. The van der Waals surface area contributed by atoms with Crippen LogP contribution in [0, 0.1) is 0 Å². The van der Waals surface area contributed by atoms with Crippen molar-refractivity contribution in [3.8, 4) is 0 Å². The first-order chi connectivity index (χ1) is 9.36. The van der Waals surface area contributed by atoms with E-state index in [9.17, 15) is 0 Å². The van der Waals surface area contributed by atoms with E-state index in [-0.39, 0.29) is 0 Å². The van der Waals surface area contributed by atoms with Crippen LogP contribution in [0.1, 0.15) is 25.7 Å². The van der Waals surface area contributed by atoms with Crippen molar-refractivity contribution in [2.45, 2.75) is 31.2 Å². The molecule has 2 fully saturated rings. The Labute approximate surface area is 113 Å². The number of aromatic amines is 1. The summed E-state index contributed by atoms with van der Waals surface area (Å²) >= 11 is 0. The van der Waals surface area contributed by atoms with Gasteiger partial charge in [-0.2, -0.15) is 0 Å². The second-order valence-corrected chi connectivity index (χ2v) is 5.91. The molecule has 0 radical (unpaired) electrons. The molecule has 2 aromatic heterocycles. The number of fused-ring (bicyclic) bond motifs is 1. The van der Waals surface area contributed by atoms with Crippen LogP contribution < -0.4 is 10.2 Å². The largest absolute Gasteiger partial charge is 0.369 e. The molecule has 4 heterocycles. The van der Waals surface area contributed by atoms with E-state index in [1.807, 2.05) is 12.4 Å². The van der Waals surface area contributed by atoms with E-state index in [1.54, 1.807) is 0 Å². The van der Waals surface area contributed by atoms with Gasteiger partial charge in [0, 0.05) is 42.1 Å². The third-order valence-corrected chi connectivity index (χ3v) is 4.69. The van der Waals surface area contributed by atoms with E-state index < -0.39 is 0 Å². The van der Waals surface area contributed by atoms with Crippen LogP contribution in [0.25, 0.3) is 11.0 Å². The Kier molecular flexibility index (Phi) is 2.52. The molecule has 1 unspecified atom stereocenters. The number of piperidine rings is 1. The summed E-state index contributed by atoms with van der Waals surface area (Å²) in [5.74, 6) is 0. The fraction of sp³-hybridized carbons (Fsp3) is 0.533. The molecule has 19 heavy (non-hydrogen) atoms. The molecule has 2 aromatic rings. The van der Waals surface area contributed by atoms with Crippen LogP contribution >= 0.6 is 0 Å². The molecule has 100 valence electrons. The molecule has 0 bridgehead atoms. The molecule has 4 rings (SSSR count). The summed E-state index contributed by atoms with van der Waals surface area (Å²) in [7, 11) is 0. The Morgan fingerprint density at radius 2 is 2.16 bits per heavy atom. The summed E-state index contributed by atoms with van der Waals surface area (Å²) < 4.78 is 0. The number of aromatic nitrogens is 2. The van der Waals surface area contributed by atoms with Crippen molar-refractivity contribution in [3.63, 3.8) is 0 Å². The van der Waals surface area contributed by atoms with Crippen LogP contribution in [-0.2, 0) is 0 Å². The summed E-state index contributed by atoms with van der Waals surface area (Å²) in [4.78, 5) is 10.1. The lowest BCUT2D eigenvalue weighted by Gasteiger charge is -2.42. The molecular formula is C15H20N4. The van der Waals surface area contributed by atoms with Gasteiger partial charge in [-0.15, -0.1) is 0 Å². The molecule has 4 nitrogen and oxygen atoms in total. The van der Waals surface area contributed by atoms with Crippen molar-refractivity contribution in [1.29, 1.82) is 0 Å². The third kappa shape index (κ3) is 1.82. The molecule has 2 saturated heterocycles. The zero-order valence-corrected chi connectivity index (χ0v) is 11.2. The predicted octanol–water partition coefficient (Wildman–Crippen LogP) is 2.29. The number of nitrogens with zero attached hydrogens (tertiary/aromatic N) is 2. The van der Waals surface area contributed by atoms with Crippen LogP contribution in [0.15, 0.2) is 24.5 Å². The van der Waals surface area contributed by atoms with Crippen molar-refractivity contribution in [2.24, 2.45) is 0 Å². The topological polar surface area (TPSA) is 44.0 Å². The molecule has 1 atom stereocenters. The maximum absolute atomic E-state index is 4.39. The molecular weight excluding hydrogens is 236 g/mol. The predicted molar refractivity (Wildman–Crippen MR) is 77.5 cm³/mol. The van der Waals surface area contributed by atoms with Crippen LogP contribution in [0.3, 0.4) is 0 Å². The average molecular weight is 256 g/mol. The minimum atomic E-state index is 0.365. The van der Waals surface area contributed by atoms with Crippen molar-refractivity contribution >= 4 is 16.7 Å². The van der Waals surface area contributed by atoms with Gasteiger partial charge >= 0.3 is 0 Å². The zero-order chi connectivity index (χ0) is 12.7. The maximum atomic E-state index is 4.39. The highest BCUT2D eigenvalue weighted by Gasteiger charge is 2.37. The van der Waals surface area contributed by atoms with Gasteiger partial charge in [0.25, 0.3) is 0 Å².